The van der Waals surface area contributed by atoms with E-state index in [0.717, 1.165) is 17.0 Å². The summed E-state index contributed by atoms with van der Waals surface area (Å²) in [6.07, 6.45) is -6.25. The molecule has 2 aliphatic heterocycles. The fourth-order valence-electron chi connectivity index (χ4n) is 3.54. The van der Waals surface area contributed by atoms with Crippen LogP contribution in [0.5, 0.6) is 11.5 Å². The number of rotatable bonds is 7. The van der Waals surface area contributed by atoms with Gasteiger partial charge in [-0.1, -0.05) is 27.6 Å². The van der Waals surface area contributed by atoms with Crippen LogP contribution in [0, 0.1) is 17.7 Å². The molecular formula is C24H38N2O4. The Bertz CT molecular complexity index is 1400. The molecule has 2 heterocycles. The minimum atomic E-state index is -4.04. The predicted octanol–water partition coefficient (Wildman–Crippen LogP) is 3.56. The Labute approximate surface area is 207 Å². The van der Waals surface area contributed by atoms with E-state index in [2.05, 4.69) is 0 Å². The number of hydrogen-bond acceptors (Lipinski definition) is 6. The van der Waals surface area contributed by atoms with E-state index >= 15 is 0 Å². The fraction of sp³-hybridized carbons (Fsp3) is 0.708. The molecule has 0 saturated carbocycles. The van der Waals surface area contributed by atoms with Gasteiger partial charge in [-0.3, -0.25) is 9.69 Å². The number of benzene rings is 1. The van der Waals surface area contributed by atoms with Gasteiger partial charge in [-0.25, -0.2) is 0 Å². The average molecular weight is 438 g/mol. The quantitative estimate of drug-likeness (QED) is 0.658. The van der Waals surface area contributed by atoms with E-state index < -0.39 is 100 Å². The summed E-state index contributed by atoms with van der Waals surface area (Å²) in [6, 6.07) is -3.78. The summed E-state index contributed by atoms with van der Waals surface area (Å²) in [5.41, 5.74) is 5.67. The van der Waals surface area contributed by atoms with Gasteiger partial charge in [0.1, 0.15) is 12.1 Å². The van der Waals surface area contributed by atoms with E-state index in [1.807, 2.05) is 0 Å². The number of fused-ring (bicyclic) bond motifs is 3. The monoisotopic (exact) mass is 437 g/mol. The number of nitrogens with zero attached hydrogens (tertiary/aromatic N) is 1. The van der Waals surface area contributed by atoms with Crippen molar-refractivity contribution in [2.75, 3.05) is 27.1 Å². The van der Waals surface area contributed by atoms with E-state index in [0.29, 0.717) is 0 Å². The number of carbonyl (C=O) groups excluding carboxylic acids is 1. The van der Waals surface area contributed by atoms with Crippen LogP contribution in [-0.2, 0) is 16.0 Å². The van der Waals surface area contributed by atoms with Crippen LogP contribution in [0.25, 0.3) is 0 Å². The van der Waals surface area contributed by atoms with E-state index in [1.54, 1.807) is 13.8 Å². The molecule has 0 radical (unpaired) electrons. The lowest BCUT2D eigenvalue weighted by Gasteiger charge is -2.47. The molecule has 3 unspecified atom stereocenters. The predicted molar refractivity (Wildman–Crippen MR) is 118 cm³/mol. The molecule has 3 rings (SSSR count). The zero-order valence-electron chi connectivity index (χ0n) is 35.7. The molecule has 6 nitrogen and oxygen atoms in total. The van der Waals surface area contributed by atoms with Crippen LogP contribution in [-0.4, -0.2) is 50.1 Å². The normalized spacial score (nSPS) is 43.1. The molecule has 4 atom stereocenters. The van der Waals surface area contributed by atoms with Gasteiger partial charge in [-0.05, 0) is 47.9 Å². The van der Waals surface area contributed by atoms with Gasteiger partial charge in [0.05, 0.1) is 23.7 Å². The van der Waals surface area contributed by atoms with Gasteiger partial charge in [-0.2, -0.15) is 0 Å². The van der Waals surface area contributed by atoms with Gasteiger partial charge < -0.3 is 19.9 Å². The van der Waals surface area contributed by atoms with Crippen LogP contribution >= 0.6 is 0 Å². The maximum atomic E-state index is 13.6. The molecule has 2 aliphatic rings. The highest BCUT2D eigenvalue weighted by Crippen LogP contribution is 2.44. The Hall–Kier alpha value is -1.79. The second-order valence-electron chi connectivity index (χ2n) is 7.52. The SMILES string of the molecule is [2H]C([2H])([2H])Oc1cc2c(cc1OC([2H])([2H])[2H])C1N(CC2)C([2H])([2H])C([2H])(CC(C)C)C(OC(=O)[C@@]([2H])(N)C([2H])(C([2H])([2H])[2H])C([2H])([2H])[2H])C1([2H])[2H]. The topological polar surface area (TPSA) is 74.0 Å². The van der Waals surface area contributed by atoms with Gasteiger partial charge in [0.2, 0.25) is 0 Å². The van der Waals surface area contributed by atoms with Crippen molar-refractivity contribution in [3.05, 3.63) is 23.3 Å². The molecule has 168 valence electrons. The highest BCUT2D eigenvalue weighted by atomic mass is 16.5. The summed E-state index contributed by atoms with van der Waals surface area (Å²) >= 11 is 0. The van der Waals surface area contributed by atoms with Crippen LogP contribution in [0.4, 0.5) is 0 Å². The molecule has 0 aliphatic carbocycles. The molecular weight excluding hydrogens is 380 g/mol. The van der Waals surface area contributed by atoms with Crippen molar-refractivity contribution in [2.45, 2.75) is 64.9 Å². The molecule has 0 aromatic heterocycles. The van der Waals surface area contributed by atoms with E-state index in [9.17, 15) is 8.91 Å². The third-order valence-electron chi connectivity index (χ3n) is 4.91. The van der Waals surface area contributed by atoms with E-state index in [4.69, 9.17) is 41.9 Å². The summed E-state index contributed by atoms with van der Waals surface area (Å²) in [6.45, 7) is -7.92. The summed E-state index contributed by atoms with van der Waals surface area (Å²) in [4.78, 5) is 14.6. The van der Waals surface area contributed by atoms with Gasteiger partial charge in [0.15, 0.2) is 11.5 Å². The number of carbonyl (C=O) groups is 1. The summed E-state index contributed by atoms with van der Waals surface area (Å²) in [5, 5.41) is 0. The third kappa shape index (κ3) is 4.75. The summed E-state index contributed by atoms with van der Waals surface area (Å²) in [5.74, 6) is -10.8. The zero-order valence-corrected chi connectivity index (χ0v) is 16.7. The van der Waals surface area contributed by atoms with E-state index in [1.165, 1.54) is 0 Å². The maximum Gasteiger partial charge on any atom is 0.323 e. The van der Waals surface area contributed by atoms with Crippen molar-refractivity contribution in [2.24, 2.45) is 23.4 Å². The number of hydrogen-bond donors (Lipinski definition) is 1. The number of nitrogens with two attached hydrogens (primary N) is 1. The Balaban J connectivity index is 2.32. The molecule has 0 bridgehead atoms. The van der Waals surface area contributed by atoms with E-state index in [-0.39, 0.29) is 24.1 Å². The molecule has 0 amide bonds. The molecule has 30 heavy (non-hydrogen) atoms. The molecule has 1 aromatic rings. The first kappa shape index (κ1) is 8.62. The second kappa shape index (κ2) is 9.56. The average Bonchev–Trinajstić information content (AvgIpc) is 2.86. The minimum Gasteiger partial charge on any atom is -0.493 e. The van der Waals surface area contributed by atoms with Crippen molar-refractivity contribution in [3.8, 4) is 11.5 Å². The smallest absolute Gasteiger partial charge is 0.323 e. The number of ether oxygens (including phenoxy) is 3. The summed E-state index contributed by atoms with van der Waals surface area (Å²) < 4.78 is 169. The Morgan fingerprint density at radius 1 is 1.37 bits per heavy atom. The van der Waals surface area contributed by atoms with Crippen molar-refractivity contribution < 1.29 is 45.0 Å². The van der Waals surface area contributed by atoms with Gasteiger partial charge in [0, 0.05) is 47.8 Å². The van der Waals surface area contributed by atoms with Crippen molar-refractivity contribution >= 4 is 5.97 Å². The van der Waals surface area contributed by atoms with Gasteiger partial charge >= 0.3 is 5.97 Å². The Morgan fingerprint density at radius 3 is 2.77 bits per heavy atom. The highest BCUT2D eigenvalue weighted by Gasteiger charge is 2.41. The largest absolute Gasteiger partial charge is 0.493 e. The Morgan fingerprint density at radius 2 is 2.10 bits per heavy atom. The number of esters is 1. The van der Waals surface area contributed by atoms with Crippen LogP contribution in [0.2, 0.25) is 0 Å². The van der Waals surface area contributed by atoms with Crippen molar-refractivity contribution in [1.29, 1.82) is 0 Å². The molecule has 0 spiro atoms. The summed E-state index contributed by atoms with van der Waals surface area (Å²) in [7, 11) is -6.25. The lowest BCUT2D eigenvalue weighted by atomic mass is 9.79. The molecule has 6 heteroatoms. The Kier molecular flexibility index (Phi) is 2.75. The lowest BCUT2D eigenvalue weighted by molar-refractivity contribution is -0.160. The number of piperidine rings is 1. The van der Waals surface area contributed by atoms with Gasteiger partial charge in [-0.15, -0.1) is 0 Å². The van der Waals surface area contributed by atoms with Crippen LogP contribution < -0.4 is 15.2 Å². The van der Waals surface area contributed by atoms with Gasteiger partial charge in [0.25, 0.3) is 0 Å². The molecule has 1 aromatic carbocycles. The first-order valence-corrected chi connectivity index (χ1v) is 9.38. The molecule has 1 saturated heterocycles. The highest BCUT2D eigenvalue weighted by molar-refractivity contribution is 5.76. The fourth-order valence-corrected chi connectivity index (χ4v) is 3.54. The first-order valence-electron chi connectivity index (χ1n) is 18.9. The third-order valence-corrected chi connectivity index (χ3v) is 4.91. The maximum absolute atomic E-state index is 13.6. The van der Waals surface area contributed by atoms with Crippen LogP contribution in [0.15, 0.2) is 12.1 Å². The standard InChI is InChI=1S/C24H38N2O4/c1-14(2)9-17-13-26-8-7-16-10-21(28-5)22(29-6)11-18(16)19(26)12-20(17)30-24(27)23(25)15(3)4/h10-11,14-15,17,19-20,23H,7-9,12-13,25H2,1-6H3/t17?,19?,20?,23-/m0/s1/i3D3,4D3,5D3,6D3,12D2,13D2,15D,17D,23D. The molecule has 1 fully saturated rings. The van der Waals surface area contributed by atoms with Crippen molar-refractivity contribution in [1.82, 2.24) is 4.90 Å². The molecule has 2 N–H and O–H groups in total. The van der Waals surface area contributed by atoms with Crippen LogP contribution in [0.1, 0.15) is 83.6 Å². The second-order valence-corrected chi connectivity index (χ2v) is 7.52. The number of methoxy groups -OCH3 is 2. The first-order chi connectivity index (χ1) is 21.6. The van der Waals surface area contributed by atoms with Crippen LogP contribution in [0.3, 0.4) is 0 Å². The lowest BCUT2D eigenvalue weighted by Crippen LogP contribution is -2.51. The zero-order chi connectivity index (χ0) is 38.4. The minimum absolute atomic E-state index is 0.0911. The van der Waals surface area contributed by atoms with Crippen molar-refractivity contribution in [3.63, 3.8) is 0 Å².